The third-order valence-corrected chi connectivity index (χ3v) is 8.69. The molecule has 1 aromatic heterocycles. The molecule has 0 N–H and O–H groups in total. The minimum Gasteiger partial charge on any atom is -0.487 e. The second-order valence-electron chi connectivity index (χ2n) is 10.9. The van der Waals surface area contributed by atoms with Crippen molar-refractivity contribution in [2.45, 2.75) is 33.9 Å². The molecule has 0 unspecified atom stereocenters. The molecule has 0 saturated carbocycles. The Bertz CT molecular complexity index is 1630. The molecular formula is C35H34Cl3N3O3. The molecule has 2 heterocycles. The highest BCUT2D eigenvalue weighted by atomic mass is 35.5. The topological polar surface area (TPSA) is 54.9 Å². The van der Waals surface area contributed by atoms with Crippen molar-refractivity contribution < 1.29 is 14.3 Å². The van der Waals surface area contributed by atoms with Crippen molar-refractivity contribution >= 4 is 46.3 Å². The minimum absolute atomic E-state index is 0.0452. The molecule has 228 valence electrons. The highest BCUT2D eigenvalue weighted by Crippen LogP contribution is 2.36. The predicted molar refractivity (Wildman–Crippen MR) is 178 cm³/mol. The molecule has 0 atom stereocenters. The van der Waals surface area contributed by atoms with Gasteiger partial charge in [0, 0.05) is 60.0 Å². The quantitative estimate of drug-likeness (QED) is 0.169. The van der Waals surface area contributed by atoms with E-state index in [0.717, 1.165) is 46.9 Å². The molecule has 1 aliphatic heterocycles. The van der Waals surface area contributed by atoms with Crippen molar-refractivity contribution in [3.8, 4) is 17.4 Å². The summed E-state index contributed by atoms with van der Waals surface area (Å²) in [6.07, 6.45) is 1.60. The molecule has 1 saturated heterocycles. The lowest BCUT2D eigenvalue weighted by atomic mass is 9.99. The summed E-state index contributed by atoms with van der Waals surface area (Å²) in [5, 5.41) is 1.83. The van der Waals surface area contributed by atoms with Gasteiger partial charge in [-0.15, -0.1) is 0 Å². The van der Waals surface area contributed by atoms with Gasteiger partial charge in [-0.25, -0.2) is 4.98 Å². The van der Waals surface area contributed by atoms with Crippen LogP contribution in [0.3, 0.4) is 0 Å². The second-order valence-corrected chi connectivity index (χ2v) is 12.1. The van der Waals surface area contributed by atoms with Gasteiger partial charge in [-0.2, -0.15) is 0 Å². The largest absolute Gasteiger partial charge is 0.487 e. The van der Waals surface area contributed by atoms with Crippen molar-refractivity contribution in [2.24, 2.45) is 0 Å². The Morgan fingerprint density at radius 3 is 2.27 bits per heavy atom. The van der Waals surface area contributed by atoms with Gasteiger partial charge in [0.05, 0.1) is 11.2 Å². The van der Waals surface area contributed by atoms with Crippen LogP contribution in [0.15, 0.2) is 84.6 Å². The summed E-state index contributed by atoms with van der Waals surface area (Å²) < 4.78 is 11.9. The smallest absolute Gasteiger partial charge is 0.249 e. The molecule has 44 heavy (non-hydrogen) atoms. The number of rotatable bonds is 9. The van der Waals surface area contributed by atoms with E-state index >= 15 is 0 Å². The number of halogens is 3. The van der Waals surface area contributed by atoms with Crippen LogP contribution < -0.4 is 9.47 Å². The molecule has 0 radical (unpaired) electrons. The molecule has 3 aromatic carbocycles. The number of pyridine rings is 1. The summed E-state index contributed by atoms with van der Waals surface area (Å²) in [4.78, 5) is 22.1. The zero-order chi connectivity index (χ0) is 31.2. The fourth-order valence-corrected chi connectivity index (χ4v) is 5.66. The molecule has 1 amide bonds. The number of hydrogen-bond acceptors (Lipinski definition) is 5. The van der Waals surface area contributed by atoms with E-state index in [2.05, 4.69) is 9.88 Å². The maximum Gasteiger partial charge on any atom is 0.249 e. The number of amides is 1. The summed E-state index contributed by atoms with van der Waals surface area (Å²) in [6.45, 7) is 9.94. The highest BCUT2D eigenvalue weighted by molar-refractivity contribution is 6.32. The van der Waals surface area contributed by atoms with Gasteiger partial charge in [0.25, 0.3) is 0 Å². The number of aryl methyl sites for hydroxylation is 1. The van der Waals surface area contributed by atoms with E-state index < -0.39 is 0 Å². The van der Waals surface area contributed by atoms with Crippen LogP contribution in [0.5, 0.6) is 17.4 Å². The molecule has 1 aliphatic rings. The number of aromatic nitrogens is 1. The number of allylic oxidation sites excluding steroid dienone is 1. The van der Waals surface area contributed by atoms with Crippen molar-refractivity contribution in [1.82, 2.24) is 14.8 Å². The maximum atomic E-state index is 13.4. The van der Waals surface area contributed by atoms with Gasteiger partial charge in [0.2, 0.25) is 11.8 Å². The van der Waals surface area contributed by atoms with Crippen molar-refractivity contribution in [3.05, 3.63) is 122 Å². The van der Waals surface area contributed by atoms with Gasteiger partial charge in [0.1, 0.15) is 12.4 Å². The van der Waals surface area contributed by atoms with E-state index in [4.69, 9.17) is 44.3 Å². The number of piperazine rings is 1. The molecule has 0 spiro atoms. The lowest BCUT2D eigenvalue weighted by Crippen LogP contribution is -2.48. The van der Waals surface area contributed by atoms with Gasteiger partial charge >= 0.3 is 0 Å². The van der Waals surface area contributed by atoms with Crippen LogP contribution in [0.4, 0.5) is 0 Å². The lowest BCUT2D eigenvalue weighted by molar-refractivity contribution is -0.128. The molecule has 9 heteroatoms. The average molecular weight is 651 g/mol. The molecule has 0 aliphatic carbocycles. The Hall–Kier alpha value is -3.55. The van der Waals surface area contributed by atoms with Gasteiger partial charge in [0.15, 0.2) is 5.75 Å². The van der Waals surface area contributed by atoms with Gasteiger partial charge in [-0.1, -0.05) is 65.1 Å². The monoisotopic (exact) mass is 649 g/mol. The molecule has 0 bridgehead atoms. The molecule has 5 rings (SSSR count). The van der Waals surface area contributed by atoms with Crippen LogP contribution in [0.1, 0.15) is 36.1 Å². The van der Waals surface area contributed by atoms with Crippen molar-refractivity contribution in [1.29, 1.82) is 0 Å². The number of hydrogen-bond donors (Lipinski definition) is 0. The fourth-order valence-electron chi connectivity index (χ4n) is 5.04. The minimum atomic E-state index is 0.0452. The van der Waals surface area contributed by atoms with E-state index in [9.17, 15) is 4.79 Å². The van der Waals surface area contributed by atoms with Crippen LogP contribution in [0, 0.1) is 6.92 Å². The summed E-state index contributed by atoms with van der Waals surface area (Å²) in [5.41, 5.74) is 5.41. The van der Waals surface area contributed by atoms with E-state index in [-0.39, 0.29) is 5.91 Å². The molecule has 4 aromatic rings. The number of carbonyl (C=O) groups excluding carboxylic acids is 1. The third-order valence-electron chi connectivity index (χ3n) is 7.79. The highest BCUT2D eigenvalue weighted by Gasteiger charge is 2.23. The fraction of sp³-hybridized carbons (Fsp3) is 0.257. The van der Waals surface area contributed by atoms with Crippen molar-refractivity contribution in [2.75, 3.05) is 26.2 Å². The molecule has 1 fully saturated rings. The Balaban J connectivity index is 1.19. The third kappa shape index (κ3) is 7.93. The number of carbonyl (C=O) groups is 1. The Morgan fingerprint density at radius 2 is 1.61 bits per heavy atom. The molecule has 6 nitrogen and oxygen atoms in total. The Morgan fingerprint density at radius 1 is 0.886 bits per heavy atom. The predicted octanol–water partition coefficient (Wildman–Crippen LogP) is 8.86. The van der Waals surface area contributed by atoms with E-state index in [1.807, 2.05) is 86.3 Å². The van der Waals surface area contributed by atoms with Crippen LogP contribution in [0.25, 0.3) is 5.57 Å². The average Bonchev–Trinajstić information content (AvgIpc) is 3.03. The van der Waals surface area contributed by atoms with Crippen LogP contribution in [-0.4, -0.2) is 46.9 Å². The maximum absolute atomic E-state index is 13.4. The summed E-state index contributed by atoms with van der Waals surface area (Å²) in [6, 6.07) is 22.8. The summed E-state index contributed by atoms with van der Waals surface area (Å²) in [7, 11) is 0. The SMILES string of the molecule is C/C(C(=O)N1CCN(Cc2ccc(Cl)cc2)CC1)=C(/C)c1cc(C)c(Oc2ccc(OCc3ccccc3Cl)cn2)c(Cl)c1. The van der Waals surface area contributed by atoms with E-state index in [1.165, 1.54) is 5.56 Å². The number of benzene rings is 3. The first-order valence-corrected chi connectivity index (χ1v) is 15.6. The standard InChI is InChI=1S/C35H34Cl3N3O3/c1-23-18-28(24(2)25(3)35(42)41-16-14-40(15-17-41)21-26-8-10-29(36)11-9-26)19-32(38)34(23)44-33-13-12-30(20-39-33)43-22-27-6-4-5-7-31(27)37/h4-13,18-20H,14-17,21-22H2,1-3H3/b25-24+. The van der Waals surface area contributed by atoms with Crippen LogP contribution >= 0.6 is 34.8 Å². The lowest BCUT2D eigenvalue weighted by Gasteiger charge is -2.35. The second kappa shape index (κ2) is 14.5. The zero-order valence-electron chi connectivity index (χ0n) is 24.9. The first kappa shape index (κ1) is 31.9. The van der Waals surface area contributed by atoms with Gasteiger partial charge < -0.3 is 14.4 Å². The van der Waals surface area contributed by atoms with Gasteiger partial charge in [-0.05, 0) is 79.4 Å². The van der Waals surface area contributed by atoms with Crippen molar-refractivity contribution in [3.63, 3.8) is 0 Å². The molecular weight excluding hydrogens is 617 g/mol. The Kier molecular flexibility index (Phi) is 10.5. The summed E-state index contributed by atoms with van der Waals surface area (Å²) in [5.74, 6) is 1.55. The van der Waals surface area contributed by atoms with Crippen LogP contribution in [-0.2, 0) is 17.9 Å². The van der Waals surface area contributed by atoms with Gasteiger partial charge in [-0.3, -0.25) is 9.69 Å². The Labute approximate surface area is 273 Å². The van der Waals surface area contributed by atoms with Crippen LogP contribution in [0.2, 0.25) is 15.1 Å². The first-order chi connectivity index (χ1) is 21.2. The first-order valence-electron chi connectivity index (χ1n) is 14.4. The number of ether oxygens (including phenoxy) is 2. The van der Waals surface area contributed by atoms with E-state index in [1.54, 1.807) is 18.3 Å². The summed E-state index contributed by atoms with van der Waals surface area (Å²) >= 11 is 18.9. The normalized spacial score (nSPS) is 14.3. The number of nitrogens with zero attached hydrogens (tertiary/aromatic N) is 3. The van der Waals surface area contributed by atoms with E-state index in [0.29, 0.717) is 52.7 Å². The zero-order valence-corrected chi connectivity index (χ0v) is 27.2.